The smallest absolute Gasteiger partial charge is 0.423 e. The number of anilines is 1. The number of amides is 2. The summed E-state index contributed by atoms with van der Waals surface area (Å²) in [5.74, 6) is -0.719. The van der Waals surface area contributed by atoms with Crippen molar-refractivity contribution in [2.24, 2.45) is 5.73 Å². The molecule has 4 aromatic rings. The van der Waals surface area contributed by atoms with Crippen molar-refractivity contribution in [1.29, 1.82) is 0 Å². The average Bonchev–Trinajstić information content (AvgIpc) is 3.47. The molecule has 5 rings (SSSR count). The Labute approximate surface area is 217 Å². The number of carbonyl (C=O) groups is 2. The number of nitrogens with two attached hydrogens (primary N) is 1. The maximum absolute atomic E-state index is 13.3. The fraction of sp³-hybridized carbons (Fsp3) is 0.185. The number of aromatic amines is 1. The summed E-state index contributed by atoms with van der Waals surface area (Å²) in [6, 6.07) is 25.0. The maximum Gasteiger partial charge on any atom is 0.423 e. The second-order valence-corrected chi connectivity index (χ2v) is 10.1. The summed E-state index contributed by atoms with van der Waals surface area (Å²) in [7, 11) is 0. The molecule has 0 unspecified atom stereocenters. The molecule has 0 saturated heterocycles. The van der Waals surface area contributed by atoms with Gasteiger partial charge < -0.3 is 10.5 Å². The van der Waals surface area contributed by atoms with Gasteiger partial charge in [0.25, 0.3) is 5.91 Å². The maximum atomic E-state index is 13.3. The minimum absolute atomic E-state index is 0.0751. The molecule has 1 aromatic heterocycles. The summed E-state index contributed by atoms with van der Waals surface area (Å²) < 4.78 is 6.07. The van der Waals surface area contributed by atoms with Gasteiger partial charge in [0.15, 0.2) is 3.95 Å². The van der Waals surface area contributed by atoms with Gasteiger partial charge >= 0.3 is 6.09 Å². The van der Waals surface area contributed by atoms with E-state index in [0.717, 1.165) is 44.1 Å². The fourth-order valence-electron chi connectivity index (χ4n) is 4.49. The first kappa shape index (κ1) is 24.1. The van der Waals surface area contributed by atoms with Crippen molar-refractivity contribution in [2.75, 3.05) is 11.5 Å². The van der Waals surface area contributed by atoms with E-state index in [4.69, 9.17) is 22.7 Å². The Morgan fingerprint density at radius 2 is 1.61 bits per heavy atom. The molecular formula is C27H24N4O3S2. The quantitative estimate of drug-likeness (QED) is 0.317. The number of hydrogen-bond donors (Lipinski definition) is 2. The van der Waals surface area contributed by atoms with Gasteiger partial charge in [-0.25, -0.2) is 4.79 Å². The standard InChI is InChI=1S/C27H24N4O3S2/c28-23(15-14-17-8-2-1-3-9-17)24(32)31(25-29-30-26(35)36-25)27(33)34-16-22-20-12-6-4-10-18(20)19-11-5-7-13-21(19)22/h1-13,22-23H,14-16,28H2,(H,30,35)/t23-/m0/s1. The average molecular weight is 517 g/mol. The molecular weight excluding hydrogens is 492 g/mol. The van der Waals surface area contributed by atoms with Crippen molar-refractivity contribution < 1.29 is 14.3 Å². The Balaban J connectivity index is 1.34. The number of nitrogens with one attached hydrogen (secondary N) is 1. The number of aryl methyl sites for hydroxylation is 1. The van der Waals surface area contributed by atoms with Crippen LogP contribution in [0, 0.1) is 3.95 Å². The van der Waals surface area contributed by atoms with E-state index in [1.54, 1.807) is 0 Å². The molecule has 0 bridgehead atoms. The summed E-state index contributed by atoms with van der Waals surface area (Å²) >= 11 is 6.14. The van der Waals surface area contributed by atoms with Crippen LogP contribution in [0.5, 0.6) is 0 Å². The Bertz CT molecular complexity index is 1400. The molecule has 0 aliphatic heterocycles. The van der Waals surface area contributed by atoms with E-state index < -0.39 is 18.0 Å². The summed E-state index contributed by atoms with van der Waals surface area (Å²) in [6.45, 7) is 0.0751. The molecule has 36 heavy (non-hydrogen) atoms. The van der Waals surface area contributed by atoms with Crippen LogP contribution < -0.4 is 10.6 Å². The molecule has 7 nitrogen and oxygen atoms in total. The fourth-order valence-corrected chi connectivity index (χ4v) is 5.37. The van der Waals surface area contributed by atoms with Crippen molar-refractivity contribution in [1.82, 2.24) is 10.2 Å². The number of carbonyl (C=O) groups excluding carboxylic acids is 2. The van der Waals surface area contributed by atoms with E-state index in [2.05, 4.69) is 22.3 Å². The number of nitrogens with zero attached hydrogens (tertiary/aromatic N) is 2. The van der Waals surface area contributed by atoms with E-state index in [9.17, 15) is 9.59 Å². The Morgan fingerprint density at radius 3 is 2.22 bits per heavy atom. The normalized spacial score (nSPS) is 13.0. The van der Waals surface area contributed by atoms with Crippen molar-refractivity contribution in [2.45, 2.75) is 24.8 Å². The number of aromatic nitrogens is 2. The van der Waals surface area contributed by atoms with E-state index in [0.29, 0.717) is 16.8 Å². The molecule has 2 amide bonds. The molecule has 9 heteroatoms. The Hall–Kier alpha value is -3.66. The van der Waals surface area contributed by atoms with Crippen LogP contribution in [0.25, 0.3) is 11.1 Å². The number of ether oxygens (including phenoxy) is 1. The van der Waals surface area contributed by atoms with Gasteiger partial charge in [-0.1, -0.05) is 90.2 Å². The molecule has 1 aliphatic carbocycles. The molecule has 0 fully saturated rings. The molecule has 0 radical (unpaired) electrons. The number of fused-ring (bicyclic) bond motifs is 3. The number of rotatable bonds is 7. The lowest BCUT2D eigenvalue weighted by atomic mass is 9.98. The predicted molar refractivity (Wildman–Crippen MR) is 143 cm³/mol. The van der Waals surface area contributed by atoms with Gasteiger partial charge in [0, 0.05) is 5.92 Å². The lowest BCUT2D eigenvalue weighted by molar-refractivity contribution is -0.119. The van der Waals surface area contributed by atoms with Crippen LogP contribution in [0.2, 0.25) is 0 Å². The van der Waals surface area contributed by atoms with Gasteiger partial charge in [-0.2, -0.15) is 4.90 Å². The first-order chi connectivity index (χ1) is 17.5. The van der Waals surface area contributed by atoms with Crippen LogP contribution in [0.15, 0.2) is 78.9 Å². The van der Waals surface area contributed by atoms with E-state index >= 15 is 0 Å². The van der Waals surface area contributed by atoms with Gasteiger partial charge in [-0.15, -0.1) is 5.10 Å². The van der Waals surface area contributed by atoms with Crippen LogP contribution in [0.4, 0.5) is 9.93 Å². The third-order valence-corrected chi connectivity index (χ3v) is 7.34. The largest absolute Gasteiger partial charge is 0.448 e. The van der Waals surface area contributed by atoms with Crippen molar-refractivity contribution in [3.8, 4) is 11.1 Å². The lowest BCUT2D eigenvalue weighted by Crippen LogP contribution is -2.47. The first-order valence-corrected chi connectivity index (χ1v) is 12.8. The predicted octanol–water partition coefficient (Wildman–Crippen LogP) is 5.44. The minimum atomic E-state index is -0.914. The molecule has 0 saturated carbocycles. The van der Waals surface area contributed by atoms with Crippen LogP contribution >= 0.6 is 23.6 Å². The molecule has 182 valence electrons. The van der Waals surface area contributed by atoms with Gasteiger partial charge in [-0.3, -0.25) is 9.89 Å². The molecule has 1 atom stereocenters. The Morgan fingerprint density at radius 1 is 1.00 bits per heavy atom. The highest BCUT2D eigenvalue weighted by Crippen LogP contribution is 2.44. The van der Waals surface area contributed by atoms with Gasteiger partial charge in [0.2, 0.25) is 5.13 Å². The van der Waals surface area contributed by atoms with Gasteiger partial charge in [0.1, 0.15) is 6.61 Å². The molecule has 0 spiro atoms. The second kappa shape index (κ2) is 10.5. The third-order valence-electron chi connectivity index (χ3n) is 6.26. The number of imide groups is 1. The van der Waals surface area contributed by atoms with E-state index in [1.165, 1.54) is 0 Å². The SMILES string of the molecule is N[C@@H](CCc1ccccc1)C(=O)N(C(=O)OCC1c2ccccc2-c2ccccc21)c1n[nH]c(=S)s1. The first-order valence-electron chi connectivity index (χ1n) is 11.6. The lowest BCUT2D eigenvalue weighted by Gasteiger charge is -2.22. The monoisotopic (exact) mass is 516 g/mol. The highest BCUT2D eigenvalue weighted by atomic mass is 32.1. The second-order valence-electron chi connectivity index (χ2n) is 8.50. The van der Waals surface area contributed by atoms with E-state index in [-0.39, 0.29) is 17.7 Å². The molecule has 1 aliphatic rings. The van der Waals surface area contributed by atoms with Crippen LogP contribution in [0.1, 0.15) is 29.0 Å². The Kier molecular flexibility index (Phi) is 7.04. The number of hydrogen-bond acceptors (Lipinski definition) is 7. The van der Waals surface area contributed by atoms with Crippen molar-refractivity contribution in [3.05, 3.63) is 99.5 Å². The van der Waals surface area contributed by atoms with Crippen molar-refractivity contribution >= 4 is 40.7 Å². The summed E-state index contributed by atoms with van der Waals surface area (Å²) in [5.41, 5.74) is 11.7. The summed E-state index contributed by atoms with van der Waals surface area (Å²) in [5, 5.41) is 6.78. The molecule has 3 aromatic carbocycles. The highest BCUT2D eigenvalue weighted by molar-refractivity contribution is 7.73. The molecule has 3 N–H and O–H groups in total. The van der Waals surface area contributed by atoms with Crippen LogP contribution in [-0.4, -0.2) is 34.8 Å². The topological polar surface area (TPSA) is 101 Å². The van der Waals surface area contributed by atoms with Crippen molar-refractivity contribution in [3.63, 3.8) is 0 Å². The highest BCUT2D eigenvalue weighted by Gasteiger charge is 2.34. The summed E-state index contributed by atoms with van der Waals surface area (Å²) in [4.78, 5) is 27.5. The number of H-pyrrole nitrogens is 1. The van der Waals surface area contributed by atoms with Crippen LogP contribution in [-0.2, 0) is 16.0 Å². The zero-order valence-corrected chi connectivity index (χ0v) is 20.9. The van der Waals surface area contributed by atoms with E-state index in [1.807, 2.05) is 66.7 Å². The zero-order chi connectivity index (χ0) is 25.1. The third kappa shape index (κ3) is 4.86. The minimum Gasteiger partial charge on any atom is -0.448 e. The zero-order valence-electron chi connectivity index (χ0n) is 19.3. The van der Waals surface area contributed by atoms with Gasteiger partial charge in [0.05, 0.1) is 6.04 Å². The van der Waals surface area contributed by atoms with Gasteiger partial charge in [-0.05, 0) is 52.9 Å². The summed E-state index contributed by atoms with van der Waals surface area (Å²) in [6.07, 6.45) is 0.142. The molecule has 1 heterocycles. The van der Waals surface area contributed by atoms with Crippen LogP contribution in [0.3, 0.4) is 0 Å². The number of benzene rings is 3.